The maximum Gasteiger partial charge on any atom is 0.252 e. The van der Waals surface area contributed by atoms with E-state index in [1.165, 1.54) is 0 Å². The predicted molar refractivity (Wildman–Crippen MR) is 519 cm³/mol. The van der Waals surface area contributed by atoms with Crippen LogP contribution in [0, 0.1) is 0 Å². The number of anilines is 6. The van der Waals surface area contributed by atoms with Gasteiger partial charge in [-0.3, -0.25) is 0 Å². The molecule has 0 fully saturated rings. The van der Waals surface area contributed by atoms with Crippen LogP contribution in [0.4, 0.5) is 34.1 Å². The highest BCUT2D eigenvalue weighted by Gasteiger charge is 2.47. The molecule has 2 aliphatic rings. The molecule has 0 N–H and O–H groups in total. The standard InChI is InChI=1S/C116H83BN4O2/c1-115(2,3)80-66-92(74-37-15-9-16-38-74)113(94(68-80)88-47-31-55-108-110(88)90-45-23-29-53-106(90)122-108)120-102-70-82(118-98-49-25-19-41-84(98)85-42-20-26-50-99(85)118)57-59-96(102)117-97-60-58-83(119-100-51-27-21-43-86(100)87-44-22-28-52-101(87)119)71-103(97)121(105-65-79(64-104(120)112(105)117)78-62-76(72-33-11-7-12-34-72)61-77(63-78)73-35-13-8-14-36-73)114-93(75-39-17-10-18-40-75)67-81(116(4,5)6)69-95(114)89-48-32-56-109-111(89)91-46-24-30-54-107(91)123-109/h7-71H,1-6H3/i19D,20D,21D,22D,25D,26D,27D,28D,41D,42D,43D,44D,49D,50D,51D,52D. The van der Waals surface area contributed by atoms with Crippen LogP contribution in [0.5, 0.6) is 0 Å². The third-order valence-corrected chi connectivity index (χ3v) is 25.1. The topological polar surface area (TPSA) is 42.6 Å². The Kier molecular flexibility index (Phi) is 12.9. The van der Waals surface area contributed by atoms with Crippen LogP contribution >= 0.6 is 0 Å². The summed E-state index contributed by atoms with van der Waals surface area (Å²) >= 11 is 0. The van der Waals surface area contributed by atoms with E-state index in [9.17, 15) is 21.9 Å². The summed E-state index contributed by atoms with van der Waals surface area (Å²) in [5, 5.41) is 3.01. The first-order valence-electron chi connectivity index (χ1n) is 49.6. The number of furan rings is 2. The summed E-state index contributed by atoms with van der Waals surface area (Å²) in [6.07, 6.45) is 0. The number of fused-ring (bicyclic) bond motifs is 16. The summed E-state index contributed by atoms with van der Waals surface area (Å²) in [7, 11) is 0. The molecule has 0 unspecified atom stereocenters. The first-order valence-corrected chi connectivity index (χ1v) is 41.6. The number of para-hydroxylation sites is 6. The van der Waals surface area contributed by atoms with Gasteiger partial charge in [0.05, 0.1) is 55.4 Å². The minimum atomic E-state index is -0.909. The Morgan fingerprint density at radius 2 is 0.585 bits per heavy atom. The van der Waals surface area contributed by atoms with Gasteiger partial charge in [0.25, 0.3) is 6.71 Å². The van der Waals surface area contributed by atoms with Crippen LogP contribution in [0.2, 0.25) is 0 Å². The number of nitrogens with zero attached hydrogens (tertiary/aromatic N) is 4. The molecule has 123 heavy (non-hydrogen) atoms. The van der Waals surface area contributed by atoms with Crippen molar-refractivity contribution in [1.82, 2.24) is 9.13 Å². The largest absolute Gasteiger partial charge is 0.456 e. The van der Waals surface area contributed by atoms with E-state index in [0.29, 0.717) is 67.4 Å². The Balaban J connectivity index is 0.954. The average molecular weight is 1590 g/mol. The third kappa shape index (κ3) is 11.4. The fourth-order valence-corrected chi connectivity index (χ4v) is 19.3. The lowest BCUT2D eigenvalue weighted by molar-refractivity contribution is 0.590. The first-order chi connectivity index (χ1) is 66.9. The van der Waals surface area contributed by atoms with Crippen molar-refractivity contribution < 1.29 is 30.8 Å². The zero-order valence-electron chi connectivity index (χ0n) is 84.0. The SMILES string of the molecule is [2H]c1c([2H])c([2H])c2c(c1[2H])c1c([2H])c([2H])c([2H])c([2H])c1n2-c1ccc2c(c1)N(c1c(-c3ccccc3)cc(C(C)(C)C)cc1-c1cccc3oc4ccccc4c13)c1cc(-c3cc(-c4ccccc4)cc(-c4ccccc4)c3)cc3c1B2c1ccc(-n2c4c([2H])c([2H])c([2H])c([2H])c4c4c([2H])c([2H])c([2H])c([2H])c42)cc1N3c1c(-c2ccccc2)cc(C(C)(C)C)cc1-c1cccc2oc3ccccc3c12. The van der Waals surface area contributed by atoms with E-state index in [1.807, 2.05) is 170 Å². The molecule has 0 saturated heterocycles. The van der Waals surface area contributed by atoms with Gasteiger partial charge in [-0.05, 0) is 221 Å². The summed E-state index contributed by atoms with van der Waals surface area (Å²) in [6.45, 7) is 12.3. The maximum absolute atomic E-state index is 10.2. The van der Waals surface area contributed by atoms with Gasteiger partial charge >= 0.3 is 0 Å². The van der Waals surface area contributed by atoms with E-state index in [-0.39, 0.29) is 55.0 Å². The summed E-state index contributed by atoms with van der Waals surface area (Å²) < 4.78 is 173. The van der Waals surface area contributed by atoms with E-state index < -0.39 is 114 Å². The molecule has 22 aromatic rings. The Bertz CT molecular complexity index is 8470. The lowest BCUT2D eigenvalue weighted by atomic mass is 9.33. The summed E-state index contributed by atoms with van der Waals surface area (Å²) in [5.74, 6) is 0. The van der Waals surface area contributed by atoms with Gasteiger partial charge in [0.2, 0.25) is 0 Å². The van der Waals surface area contributed by atoms with Crippen molar-refractivity contribution in [3.63, 3.8) is 0 Å². The molecular weight excluding hydrogens is 1490 g/mol. The van der Waals surface area contributed by atoms with Crippen LogP contribution in [-0.2, 0) is 10.8 Å². The van der Waals surface area contributed by atoms with E-state index >= 15 is 0 Å². The van der Waals surface area contributed by atoms with Gasteiger partial charge < -0.3 is 27.8 Å². The number of hydrogen-bond acceptors (Lipinski definition) is 4. The molecule has 582 valence electrons. The average Bonchev–Trinajstić information content (AvgIpc) is 1.51. The van der Waals surface area contributed by atoms with Crippen LogP contribution < -0.4 is 26.2 Å². The molecule has 2 aliphatic heterocycles. The van der Waals surface area contributed by atoms with Crippen molar-refractivity contribution >= 4 is 145 Å². The molecule has 6 heterocycles. The molecule has 0 amide bonds. The molecule has 0 aliphatic carbocycles. The van der Waals surface area contributed by atoms with Gasteiger partial charge in [-0.25, -0.2) is 0 Å². The molecule has 6 nitrogen and oxygen atoms in total. The maximum atomic E-state index is 10.2. The quantitative estimate of drug-likeness (QED) is 0.121. The van der Waals surface area contributed by atoms with Crippen molar-refractivity contribution in [3.8, 4) is 89.3 Å². The molecule has 0 spiro atoms. The van der Waals surface area contributed by atoms with Gasteiger partial charge in [0, 0.05) is 99.5 Å². The van der Waals surface area contributed by atoms with E-state index in [2.05, 4.69) is 179 Å². The Hall–Kier alpha value is -15.2. The molecule has 4 aromatic heterocycles. The fraction of sp³-hybridized carbons (Fsp3) is 0.0690. The zero-order valence-corrected chi connectivity index (χ0v) is 68.0. The van der Waals surface area contributed by atoms with Crippen molar-refractivity contribution in [2.24, 2.45) is 0 Å². The minimum Gasteiger partial charge on any atom is -0.456 e. The van der Waals surface area contributed by atoms with Gasteiger partial charge in [0.1, 0.15) is 22.3 Å². The summed E-state index contributed by atoms with van der Waals surface area (Å²) in [4.78, 5) is 4.72. The van der Waals surface area contributed by atoms with Crippen molar-refractivity contribution in [2.45, 2.75) is 52.4 Å². The van der Waals surface area contributed by atoms with Gasteiger partial charge in [-0.15, -0.1) is 0 Å². The van der Waals surface area contributed by atoms with Crippen LogP contribution in [-0.4, -0.2) is 15.8 Å². The second-order valence-corrected chi connectivity index (χ2v) is 34.2. The fourth-order valence-electron chi connectivity index (χ4n) is 19.3. The number of aromatic nitrogens is 2. The summed E-state index contributed by atoms with van der Waals surface area (Å²) in [6, 6.07) is 93.3. The van der Waals surface area contributed by atoms with Crippen LogP contribution in [0.1, 0.15) is 74.6 Å². The molecule has 24 rings (SSSR count). The Labute approximate surface area is 737 Å². The van der Waals surface area contributed by atoms with Gasteiger partial charge in [0.15, 0.2) is 0 Å². The second kappa shape index (κ2) is 27.7. The van der Waals surface area contributed by atoms with Gasteiger partial charge in [-0.1, -0.05) is 308 Å². The first kappa shape index (κ1) is 57.1. The molecule has 0 saturated carbocycles. The lowest BCUT2D eigenvalue weighted by Crippen LogP contribution is -2.61. The van der Waals surface area contributed by atoms with E-state index in [4.69, 9.17) is 8.83 Å². The number of hydrogen-bond donors (Lipinski definition) is 0. The minimum absolute atomic E-state index is 0.0842. The van der Waals surface area contributed by atoms with E-state index in [1.54, 1.807) is 9.13 Å². The highest BCUT2D eigenvalue weighted by atomic mass is 16.3. The predicted octanol–water partition coefficient (Wildman–Crippen LogP) is 30.0. The number of rotatable bonds is 11. The highest BCUT2D eigenvalue weighted by Crippen LogP contribution is 2.58. The Morgan fingerprint density at radius 1 is 0.260 bits per heavy atom. The molecular formula is C116H83BN4O2. The molecule has 18 aromatic carbocycles. The van der Waals surface area contributed by atoms with Crippen LogP contribution in [0.3, 0.4) is 0 Å². The molecule has 7 heteroatoms. The van der Waals surface area contributed by atoms with Crippen molar-refractivity contribution in [3.05, 3.63) is 405 Å². The van der Waals surface area contributed by atoms with Crippen LogP contribution in [0.15, 0.2) is 403 Å². The summed E-state index contributed by atoms with van der Waals surface area (Å²) in [5.41, 5.74) is 21.3. The monoisotopic (exact) mass is 1590 g/mol. The van der Waals surface area contributed by atoms with Gasteiger partial charge in [-0.2, -0.15) is 0 Å². The van der Waals surface area contributed by atoms with Crippen molar-refractivity contribution in [1.29, 1.82) is 0 Å². The lowest BCUT2D eigenvalue weighted by Gasteiger charge is -2.46. The number of benzene rings is 18. The molecule has 0 bridgehead atoms. The smallest absolute Gasteiger partial charge is 0.252 e. The second-order valence-electron chi connectivity index (χ2n) is 34.2. The van der Waals surface area contributed by atoms with E-state index in [0.717, 1.165) is 116 Å². The zero-order chi connectivity index (χ0) is 96.0. The third-order valence-electron chi connectivity index (χ3n) is 25.1. The van der Waals surface area contributed by atoms with Crippen molar-refractivity contribution in [2.75, 3.05) is 9.80 Å². The Morgan fingerprint density at radius 3 is 0.967 bits per heavy atom. The molecule has 0 atom stereocenters. The molecule has 0 radical (unpaired) electrons. The highest BCUT2D eigenvalue weighted by molar-refractivity contribution is 7.00. The van der Waals surface area contributed by atoms with Crippen LogP contribution in [0.25, 0.3) is 177 Å². The normalized spacial score (nSPS) is 14.6.